The van der Waals surface area contributed by atoms with Gasteiger partial charge in [-0.25, -0.2) is 14.4 Å². The predicted octanol–water partition coefficient (Wildman–Crippen LogP) is 4.79. The van der Waals surface area contributed by atoms with Gasteiger partial charge < -0.3 is 10.2 Å². The smallest absolute Gasteiger partial charge is 0.233 e. The fourth-order valence-corrected chi connectivity index (χ4v) is 3.91. The number of rotatable bonds is 5. The summed E-state index contributed by atoms with van der Waals surface area (Å²) in [6.45, 7) is 2.90. The van der Waals surface area contributed by atoms with Gasteiger partial charge in [0.1, 0.15) is 12.1 Å². The van der Waals surface area contributed by atoms with Gasteiger partial charge in [0.05, 0.1) is 11.7 Å². The minimum absolute atomic E-state index is 0.120. The standard InChI is InChI=1S/C23H22FN7/c1-15-4-6-16(7-5-15)19-13-21(30-29-19)27-22-25-14-26-23(28-22)31-12-2-3-20(31)17-8-10-18(24)11-9-17/h4-11,13-14,20H,2-3,12H2,1H3,(H2,25,26,27,28,29,30). The molecule has 3 heterocycles. The van der Waals surface area contributed by atoms with Crippen molar-refractivity contribution >= 4 is 17.7 Å². The lowest BCUT2D eigenvalue weighted by Gasteiger charge is -2.25. The van der Waals surface area contributed by atoms with E-state index in [1.165, 1.54) is 24.0 Å². The van der Waals surface area contributed by atoms with Gasteiger partial charge in [-0.1, -0.05) is 42.0 Å². The lowest BCUT2D eigenvalue weighted by atomic mass is 10.0. The van der Waals surface area contributed by atoms with E-state index in [1.54, 1.807) is 0 Å². The molecule has 8 heteroatoms. The molecule has 2 N–H and O–H groups in total. The molecule has 1 fully saturated rings. The van der Waals surface area contributed by atoms with Crippen molar-refractivity contribution in [3.05, 3.63) is 77.9 Å². The van der Waals surface area contributed by atoms with Crippen LogP contribution in [-0.4, -0.2) is 31.7 Å². The van der Waals surface area contributed by atoms with E-state index >= 15 is 0 Å². The summed E-state index contributed by atoms with van der Waals surface area (Å²) in [5.74, 6) is 1.42. The van der Waals surface area contributed by atoms with Crippen LogP contribution in [0.25, 0.3) is 11.3 Å². The average molecular weight is 415 g/mol. The van der Waals surface area contributed by atoms with Crippen LogP contribution in [-0.2, 0) is 0 Å². The number of hydrogen-bond donors (Lipinski definition) is 2. The van der Waals surface area contributed by atoms with E-state index in [4.69, 9.17) is 0 Å². The van der Waals surface area contributed by atoms with E-state index in [0.29, 0.717) is 17.7 Å². The van der Waals surface area contributed by atoms with E-state index < -0.39 is 0 Å². The maximum Gasteiger partial charge on any atom is 0.233 e. The van der Waals surface area contributed by atoms with Crippen molar-refractivity contribution in [2.45, 2.75) is 25.8 Å². The van der Waals surface area contributed by atoms with Crippen LogP contribution in [0, 0.1) is 12.7 Å². The normalized spacial score (nSPS) is 15.9. The van der Waals surface area contributed by atoms with Crippen LogP contribution in [0.2, 0.25) is 0 Å². The zero-order valence-electron chi connectivity index (χ0n) is 17.1. The third-order valence-corrected chi connectivity index (χ3v) is 5.50. The largest absolute Gasteiger partial charge is 0.334 e. The highest BCUT2D eigenvalue weighted by molar-refractivity contribution is 5.64. The van der Waals surface area contributed by atoms with Crippen molar-refractivity contribution in [3.8, 4) is 11.3 Å². The Labute approximate surface area is 179 Å². The molecule has 4 aromatic rings. The number of hydrogen-bond acceptors (Lipinski definition) is 6. The molecule has 0 amide bonds. The van der Waals surface area contributed by atoms with E-state index in [0.717, 1.165) is 36.2 Å². The number of H-pyrrole nitrogens is 1. The average Bonchev–Trinajstić information content (AvgIpc) is 3.45. The van der Waals surface area contributed by atoms with Gasteiger partial charge in [0.15, 0.2) is 5.82 Å². The first-order valence-electron chi connectivity index (χ1n) is 10.3. The SMILES string of the molecule is Cc1ccc(-c2cc(Nc3ncnc(N4CCCC4c4ccc(F)cc4)n3)n[nH]2)cc1. The highest BCUT2D eigenvalue weighted by Gasteiger charge is 2.28. The second-order valence-corrected chi connectivity index (χ2v) is 7.67. The van der Waals surface area contributed by atoms with Crippen LogP contribution in [0.3, 0.4) is 0 Å². The maximum absolute atomic E-state index is 13.3. The Hall–Kier alpha value is -3.81. The zero-order chi connectivity index (χ0) is 21.2. The van der Waals surface area contributed by atoms with E-state index in [9.17, 15) is 4.39 Å². The molecule has 0 bridgehead atoms. The number of aromatic amines is 1. The predicted molar refractivity (Wildman–Crippen MR) is 118 cm³/mol. The first-order chi connectivity index (χ1) is 15.2. The van der Waals surface area contributed by atoms with Gasteiger partial charge in [-0.3, -0.25) is 5.10 Å². The van der Waals surface area contributed by atoms with Crippen molar-refractivity contribution in [1.82, 2.24) is 25.1 Å². The second kappa shape index (κ2) is 8.14. The van der Waals surface area contributed by atoms with Crippen LogP contribution in [0.5, 0.6) is 0 Å². The number of halogens is 1. The Bertz CT molecular complexity index is 1170. The minimum Gasteiger partial charge on any atom is -0.334 e. The Balaban J connectivity index is 1.34. The number of aryl methyl sites for hydroxylation is 1. The van der Waals surface area contributed by atoms with Crippen LogP contribution < -0.4 is 10.2 Å². The summed E-state index contributed by atoms with van der Waals surface area (Å²) in [6.07, 6.45) is 3.49. The van der Waals surface area contributed by atoms with Crippen LogP contribution in [0.1, 0.15) is 30.0 Å². The molecule has 1 saturated heterocycles. The van der Waals surface area contributed by atoms with Gasteiger partial charge in [0, 0.05) is 12.6 Å². The molecule has 31 heavy (non-hydrogen) atoms. The minimum atomic E-state index is -0.232. The second-order valence-electron chi connectivity index (χ2n) is 7.67. The van der Waals surface area contributed by atoms with Crippen LogP contribution in [0.15, 0.2) is 60.9 Å². The number of nitrogens with one attached hydrogen (secondary N) is 2. The van der Waals surface area contributed by atoms with Crippen molar-refractivity contribution in [3.63, 3.8) is 0 Å². The summed E-state index contributed by atoms with van der Waals surface area (Å²) >= 11 is 0. The molecule has 0 aliphatic carbocycles. The van der Waals surface area contributed by atoms with Gasteiger partial charge in [0.25, 0.3) is 0 Å². The van der Waals surface area contributed by atoms with Crippen molar-refractivity contribution in [2.75, 3.05) is 16.8 Å². The highest BCUT2D eigenvalue weighted by Crippen LogP contribution is 2.34. The molecule has 0 radical (unpaired) electrons. The Morgan fingerprint density at radius 3 is 2.68 bits per heavy atom. The quantitative estimate of drug-likeness (QED) is 0.487. The molecule has 1 aliphatic rings. The van der Waals surface area contributed by atoms with Gasteiger partial charge in [-0.05, 0) is 43.0 Å². The number of nitrogens with zero attached hydrogens (tertiary/aromatic N) is 5. The van der Waals surface area contributed by atoms with Gasteiger partial charge in [-0.15, -0.1) is 0 Å². The molecule has 1 unspecified atom stereocenters. The summed E-state index contributed by atoms with van der Waals surface area (Å²) in [7, 11) is 0. The first kappa shape index (κ1) is 19.2. The lowest BCUT2D eigenvalue weighted by molar-refractivity contribution is 0.624. The number of anilines is 3. The summed E-state index contributed by atoms with van der Waals surface area (Å²) < 4.78 is 13.3. The first-order valence-corrected chi connectivity index (χ1v) is 10.3. The third-order valence-electron chi connectivity index (χ3n) is 5.50. The van der Waals surface area contributed by atoms with Crippen LogP contribution >= 0.6 is 0 Å². The van der Waals surface area contributed by atoms with E-state index in [-0.39, 0.29) is 11.9 Å². The fourth-order valence-electron chi connectivity index (χ4n) is 3.91. The van der Waals surface area contributed by atoms with Crippen molar-refractivity contribution in [1.29, 1.82) is 0 Å². The molecule has 5 rings (SSSR count). The Kier molecular flexibility index (Phi) is 5.03. The molecule has 7 nitrogen and oxygen atoms in total. The fraction of sp³-hybridized carbons (Fsp3) is 0.217. The third kappa shape index (κ3) is 4.09. The molecule has 156 valence electrons. The molecule has 1 atom stereocenters. The van der Waals surface area contributed by atoms with Crippen molar-refractivity contribution in [2.24, 2.45) is 0 Å². The Morgan fingerprint density at radius 2 is 1.87 bits per heavy atom. The molecule has 0 spiro atoms. The van der Waals surface area contributed by atoms with E-state index in [2.05, 4.69) is 66.6 Å². The molecule has 0 saturated carbocycles. The van der Waals surface area contributed by atoms with Gasteiger partial charge in [-0.2, -0.15) is 10.1 Å². The molecule has 2 aromatic heterocycles. The molecule has 2 aromatic carbocycles. The topological polar surface area (TPSA) is 82.6 Å². The van der Waals surface area contributed by atoms with Gasteiger partial charge in [0.2, 0.25) is 11.9 Å². The van der Waals surface area contributed by atoms with Gasteiger partial charge >= 0.3 is 0 Å². The molecular formula is C23H22FN7. The van der Waals surface area contributed by atoms with Crippen molar-refractivity contribution < 1.29 is 4.39 Å². The Morgan fingerprint density at radius 1 is 1.06 bits per heavy atom. The lowest BCUT2D eigenvalue weighted by Crippen LogP contribution is -2.25. The summed E-state index contributed by atoms with van der Waals surface area (Å²) in [6, 6.07) is 16.9. The number of aromatic nitrogens is 5. The summed E-state index contributed by atoms with van der Waals surface area (Å²) in [4.78, 5) is 15.4. The monoisotopic (exact) mass is 415 g/mol. The molecule has 1 aliphatic heterocycles. The summed E-state index contributed by atoms with van der Waals surface area (Å²) in [5.41, 5.74) is 4.23. The maximum atomic E-state index is 13.3. The van der Waals surface area contributed by atoms with E-state index in [1.807, 2.05) is 18.2 Å². The molecular weight excluding hydrogens is 393 g/mol. The number of benzene rings is 2. The van der Waals surface area contributed by atoms with Crippen LogP contribution in [0.4, 0.5) is 22.1 Å². The summed E-state index contributed by atoms with van der Waals surface area (Å²) in [5, 5.41) is 10.5. The highest BCUT2D eigenvalue weighted by atomic mass is 19.1. The zero-order valence-corrected chi connectivity index (χ0v) is 17.1.